The number of halogens is 2. The van der Waals surface area contributed by atoms with Gasteiger partial charge in [0.25, 0.3) is 0 Å². The van der Waals surface area contributed by atoms with Gasteiger partial charge in [-0.2, -0.15) is 5.10 Å². The average Bonchev–Trinajstić information content (AvgIpc) is 3.53. The Morgan fingerprint density at radius 1 is 1.18 bits per heavy atom. The van der Waals surface area contributed by atoms with Gasteiger partial charge in [0.05, 0.1) is 28.8 Å². The number of benzene rings is 2. The van der Waals surface area contributed by atoms with E-state index in [1.54, 1.807) is 32.0 Å². The molecular formula is C25H23F2N8O3S+. The molecule has 0 atom stereocenters. The van der Waals surface area contributed by atoms with E-state index in [2.05, 4.69) is 40.2 Å². The Morgan fingerprint density at radius 3 is 2.74 bits per heavy atom. The molecule has 0 aliphatic rings. The number of nitrogens with zero attached hydrogens (tertiary/aromatic N) is 3. The van der Waals surface area contributed by atoms with Gasteiger partial charge in [0.1, 0.15) is 17.0 Å². The highest BCUT2D eigenvalue weighted by Crippen LogP contribution is 2.31. The van der Waals surface area contributed by atoms with Gasteiger partial charge in [0, 0.05) is 11.3 Å². The number of H-pyrrole nitrogens is 3. The van der Waals surface area contributed by atoms with Crippen LogP contribution in [0.15, 0.2) is 48.9 Å². The lowest BCUT2D eigenvalue weighted by molar-refractivity contribution is -0.352. The van der Waals surface area contributed by atoms with Crippen LogP contribution in [0.2, 0.25) is 0 Å². The lowest BCUT2D eigenvalue weighted by atomic mass is 10.0. The summed E-state index contributed by atoms with van der Waals surface area (Å²) in [6.45, 7) is 3.43. The van der Waals surface area contributed by atoms with Crippen LogP contribution in [0.4, 0.5) is 26.0 Å². The second-order valence-corrected chi connectivity index (χ2v) is 10.5. The first-order valence-corrected chi connectivity index (χ1v) is 13.5. The van der Waals surface area contributed by atoms with Gasteiger partial charge in [-0.25, -0.2) is 27.2 Å². The molecule has 0 spiro atoms. The molecule has 0 radical (unpaired) electrons. The molecule has 3 heterocycles. The molecule has 5 rings (SSSR count). The van der Waals surface area contributed by atoms with Gasteiger partial charge >= 0.3 is 0 Å². The molecule has 3 aromatic heterocycles. The third kappa shape index (κ3) is 5.18. The molecule has 0 saturated heterocycles. The van der Waals surface area contributed by atoms with Crippen LogP contribution >= 0.6 is 0 Å². The first kappa shape index (κ1) is 25.9. The highest BCUT2D eigenvalue weighted by Gasteiger charge is 2.28. The Kier molecular flexibility index (Phi) is 6.78. The number of nitrogens with one attached hydrogen (secondary N) is 5. The van der Waals surface area contributed by atoms with Crippen molar-refractivity contribution in [2.24, 2.45) is 0 Å². The minimum Gasteiger partial charge on any atom is -0.326 e. The van der Waals surface area contributed by atoms with Crippen LogP contribution < -0.4 is 15.0 Å². The Hall–Kier alpha value is -4.72. The highest BCUT2D eigenvalue weighted by atomic mass is 32.2. The zero-order chi connectivity index (χ0) is 27.7. The summed E-state index contributed by atoms with van der Waals surface area (Å²) in [5.74, 6) is -2.33. The van der Waals surface area contributed by atoms with E-state index in [9.17, 15) is 17.6 Å². The smallest absolute Gasteiger partial charge is 0.236 e. The molecule has 0 unspecified atom stereocenters. The third-order valence-corrected chi connectivity index (χ3v) is 7.28. The normalized spacial score (nSPS) is 11.6. The predicted octanol–water partition coefficient (Wildman–Crippen LogP) is 3.88. The number of carbonyl (C=O) groups is 1. The van der Waals surface area contributed by atoms with Gasteiger partial charge in [0.15, 0.2) is 11.6 Å². The number of sulfonamides is 1. The number of hydrogen-bond acceptors (Lipinski definition) is 7. The summed E-state index contributed by atoms with van der Waals surface area (Å²) < 4.78 is 56.6. The largest absolute Gasteiger partial charge is 0.326 e. The molecular weight excluding hydrogens is 530 g/mol. The summed E-state index contributed by atoms with van der Waals surface area (Å²) >= 11 is 0. The maximum absolute atomic E-state index is 15.3. The number of aromatic amines is 3. The molecule has 5 N–H and O–H groups in total. The molecule has 5 aromatic rings. The van der Waals surface area contributed by atoms with Gasteiger partial charge < -0.3 is 5.32 Å². The lowest BCUT2D eigenvalue weighted by Gasteiger charge is -2.11. The van der Waals surface area contributed by atoms with E-state index >= 15 is 4.39 Å². The fourth-order valence-corrected chi connectivity index (χ4v) is 5.22. The number of ketones is 1. The van der Waals surface area contributed by atoms with Crippen molar-refractivity contribution >= 4 is 44.0 Å². The van der Waals surface area contributed by atoms with Crippen molar-refractivity contribution in [1.29, 1.82) is 0 Å². The number of anilines is 3. The van der Waals surface area contributed by atoms with Crippen molar-refractivity contribution in [1.82, 2.24) is 25.1 Å². The summed E-state index contributed by atoms with van der Waals surface area (Å²) in [4.78, 5) is 27.8. The van der Waals surface area contributed by atoms with E-state index in [1.807, 2.05) is 6.07 Å². The van der Waals surface area contributed by atoms with Gasteiger partial charge in [-0.3, -0.25) is 19.6 Å². The van der Waals surface area contributed by atoms with Crippen molar-refractivity contribution in [3.05, 3.63) is 77.5 Å². The summed E-state index contributed by atoms with van der Waals surface area (Å²) in [6.07, 6.45) is 2.98. The van der Waals surface area contributed by atoms with Crippen LogP contribution in [0.3, 0.4) is 0 Å². The molecule has 0 bridgehead atoms. The van der Waals surface area contributed by atoms with E-state index in [0.717, 1.165) is 17.7 Å². The number of rotatable bonds is 9. The molecule has 39 heavy (non-hydrogen) atoms. The second kappa shape index (κ2) is 10.2. The molecule has 14 heteroatoms. The lowest BCUT2D eigenvalue weighted by Crippen LogP contribution is -2.18. The van der Waals surface area contributed by atoms with Crippen molar-refractivity contribution < 1.29 is 27.0 Å². The molecule has 0 aliphatic carbocycles. The van der Waals surface area contributed by atoms with Crippen molar-refractivity contribution in [3.63, 3.8) is 0 Å². The van der Waals surface area contributed by atoms with Crippen LogP contribution in [-0.4, -0.2) is 45.1 Å². The maximum atomic E-state index is 15.3. The Labute approximate surface area is 221 Å². The number of hydrogen-bond donors (Lipinski definition) is 4. The Balaban J connectivity index is 1.54. The first-order valence-electron chi connectivity index (χ1n) is 11.8. The summed E-state index contributed by atoms with van der Waals surface area (Å²) in [5.41, 5.74) is 0.194. The summed E-state index contributed by atoms with van der Waals surface area (Å²) in [6, 6.07) is 8.95. The van der Waals surface area contributed by atoms with Crippen molar-refractivity contribution in [2.75, 3.05) is 15.8 Å². The molecule has 200 valence electrons. The first-order chi connectivity index (χ1) is 18.7. The van der Waals surface area contributed by atoms with E-state index in [4.69, 9.17) is 0 Å². The van der Waals surface area contributed by atoms with Crippen molar-refractivity contribution in [2.45, 2.75) is 20.3 Å². The number of aryl methyl sites for hydroxylation is 1. The predicted molar refractivity (Wildman–Crippen MR) is 140 cm³/mol. The topological polar surface area (TPSA) is 160 Å². The van der Waals surface area contributed by atoms with Crippen LogP contribution in [0.1, 0.15) is 35.1 Å². The Bertz CT molecular complexity index is 1820. The number of fused-ring (bicyclic) bond motifs is 1. The third-order valence-electron chi connectivity index (χ3n) is 5.80. The SMILES string of the molecule is CCCS(=O)(=O)Nc1ccc(F)c(C(=O)c2c[nH]c3[nH+]cnc(Nc4cccc(-c5n[nH]c(C)n5)c4)c23)c1F. The Morgan fingerprint density at radius 2 is 2.00 bits per heavy atom. The van der Waals surface area contributed by atoms with Crippen LogP contribution in [0.5, 0.6) is 0 Å². The zero-order valence-corrected chi connectivity index (χ0v) is 21.6. The molecule has 11 nitrogen and oxygen atoms in total. The monoisotopic (exact) mass is 553 g/mol. The molecule has 0 fully saturated rings. The molecule has 2 aromatic carbocycles. The quantitative estimate of drug-likeness (QED) is 0.202. The number of carbonyl (C=O) groups excluding carboxylic acids is 1. The highest BCUT2D eigenvalue weighted by molar-refractivity contribution is 7.92. The fourth-order valence-electron chi connectivity index (χ4n) is 4.09. The summed E-state index contributed by atoms with van der Waals surface area (Å²) in [7, 11) is -3.88. The van der Waals surface area contributed by atoms with E-state index in [0.29, 0.717) is 29.4 Å². The molecule has 0 aliphatic heterocycles. The molecule has 0 amide bonds. The second-order valence-electron chi connectivity index (χ2n) is 8.69. The maximum Gasteiger partial charge on any atom is 0.236 e. The van der Waals surface area contributed by atoms with Gasteiger partial charge in [-0.15, -0.1) is 0 Å². The molecule has 0 saturated carbocycles. The fraction of sp³-hybridized carbons (Fsp3) is 0.160. The minimum absolute atomic E-state index is 0.0797. The van der Waals surface area contributed by atoms with Gasteiger partial charge in [-0.1, -0.05) is 24.0 Å². The van der Waals surface area contributed by atoms with Crippen molar-refractivity contribution in [3.8, 4) is 11.4 Å². The van der Waals surface area contributed by atoms with E-state index in [-0.39, 0.29) is 22.5 Å². The summed E-state index contributed by atoms with van der Waals surface area (Å²) in [5, 5.41) is 10.3. The van der Waals surface area contributed by atoms with Crippen LogP contribution in [0, 0.1) is 18.6 Å². The average molecular weight is 554 g/mol. The minimum atomic E-state index is -3.88. The van der Waals surface area contributed by atoms with Crippen LogP contribution in [-0.2, 0) is 10.0 Å². The van der Waals surface area contributed by atoms with Crippen LogP contribution in [0.25, 0.3) is 22.4 Å². The van der Waals surface area contributed by atoms with Gasteiger partial charge in [-0.05, 0) is 37.6 Å². The standard InChI is InChI=1S/C25H22F2N8O3S/c1-3-9-39(37,38)35-18-8-7-17(26)20(21(18)27)22(36)16-11-28-24-19(16)25(30-12-29-24)32-15-6-4-5-14(10-15)23-31-13(2)33-34-23/h4-8,10-12,35H,3,9H2,1-2H3,(H,31,33,34)(H2,28,29,30,32)/p+1. The number of aromatic nitrogens is 6. The van der Waals surface area contributed by atoms with E-state index < -0.39 is 38.7 Å². The zero-order valence-electron chi connectivity index (χ0n) is 20.8. The van der Waals surface area contributed by atoms with Gasteiger partial charge in [0.2, 0.25) is 33.6 Å². The van der Waals surface area contributed by atoms with E-state index in [1.165, 1.54) is 12.5 Å².